The predicted molar refractivity (Wildman–Crippen MR) is 107 cm³/mol. The van der Waals surface area contributed by atoms with Crippen molar-refractivity contribution in [3.63, 3.8) is 0 Å². The molecule has 0 atom stereocenters. The topological polar surface area (TPSA) is 0 Å². The number of hydrogen-bond acceptors (Lipinski definition) is 1. The van der Waals surface area contributed by atoms with Gasteiger partial charge in [-0.3, -0.25) is 0 Å². The summed E-state index contributed by atoms with van der Waals surface area (Å²) in [5.74, 6) is 0. The standard InChI is InChI=1S/C20H22S.C2H6/c1-3-8-16(2)9-6-10-17-11-7-12-18(15-17)19-13-4-5-14-20(19)21;1-2/h4-9,11-15,21H,3,10H2,1-2H3;1-2H3/b9-6-,16-8-;. The van der Waals surface area contributed by atoms with Crippen LogP contribution in [0.2, 0.25) is 0 Å². The maximum Gasteiger partial charge on any atom is 0.0119 e. The highest BCUT2D eigenvalue weighted by atomic mass is 32.1. The molecule has 0 amide bonds. The normalized spacial score (nSPS) is 11.3. The Kier molecular flexibility index (Phi) is 9.16. The first-order chi connectivity index (χ1) is 11.2. The van der Waals surface area contributed by atoms with E-state index in [1.54, 1.807) is 0 Å². The van der Waals surface area contributed by atoms with Gasteiger partial charge in [-0.25, -0.2) is 0 Å². The van der Waals surface area contributed by atoms with E-state index in [0.717, 1.165) is 17.7 Å². The Morgan fingerprint density at radius 1 is 1.04 bits per heavy atom. The molecule has 0 N–H and O–H groups in total. The van der Waals surface area contributed by atoms with Crippen molar-refractivity contribution in [1.29, 1.82) is 0 Å². The molecule has 0 aliphatic heterocycles. The number of hydrogen-bond donors (Lipinski definition) is 1. The minimum Gasteiger partial charge on any atom is -0.143 e. The van der Waals surface area contributed by atoms with E-state index >= 15 is 0 Å². The van der Waals surface area contributed by atoms with Gasteiger partial charge in [0, 0.05) is 4.90 Å². The summed E-state index contributed by atoms with van der Waals surface area (Å²) in [4.78, 5) is 1.02. The number of benzene rings is 2. The van der Waals surface area contributed by atoms with Crippen LogP contribution in [0.5, 0.6) is 0 Å². The van der Waals surface area contributed by atoms with Crippen LogP contribution in [0.25, 0.3) is 11.1 Å². The molecule has 0 aromatic heterocycles. The van der Waals surface area contributed by atoms with Crippen molar-refractivity contribution < 1.29 is 0 Å². The third-order valence-corrected chi connectivity index (χ3v) is 3.79. The molecular weight excluding hydrogens is 296 g/mol. The van der Waals surface area contributed by atoms with Crippen LogP contribution in [0, 0.1) is 0 Å². The van der Waals surface area contributed by atoms with Gasteiger partial charge in [-0.15, -0.1) is 12.6 Å². The molecule has 0 radical (unpaired) electrons. The molecule has 0 aliphatic carbocycles. The van der Waals surface area contributed by atoms with E-state index < -0.39 is 0 Å². The van der Waals surface area contributed by atoms with Crippen molar-refractivity contribution in [1.82, 2.24) is 0 Å². The quantitative estimate of drug-likeness (QED) is 0.439. The Bertz CT molecular complexity index is 651. The monoisotopic (exact) mass is 324 g/mol. The molecule has 0 heterocycles. The van der Waals surface area contributed by atoms with Gasteiger partial charge in [-0.1, -0.05) is 87.0 Å². The van der Waals surface area contributed by atoms with Crippen molar-refractivity contribution in [2.75, 3.05) is 0 Å². The Balaban J connectivity index is 0.00000127. The third kappa shape index (κ3) is 6.50. The van der Waals surface area contributed by atoms with Crippen LogP contribution in [0.4, 0.5) is 0 Å². The van der Waals surface area contributed by atoms with Crippen LogP contribution in [-0.4, -0.2) is 0 Å². The summed E-state index contributed by atoms with van der Waals surface area (Å²) in [5, 5.41) is 0. The van der Waals surface area contributed by atoms with Gasteiger partial charge in [-0.05, 0) is 42.5 Å². The lowest BCUT2D eigenvalue weighted by Crippen LogP contribution is -1.85. The molecule has 0 saturated carbocycles. The van der Waals surface area contributed by atoms with E-state index in [1.807, 2.05) is 26.0 Å². The van der Waals surface area contributed by atoms with E-state index in [4.69, 9.17) is 0 Å². The van der Waals surface area contributed by atoms with E-state index in [9.17, 15) is 0 Å². The Labute approximate surface area is 147 Å². The van der Waals surface area contributed by atoms with Crippen molar-refractivity contribution in [2.24, 2.45) is 0 Å². The van der Waals surface area contributed by atoms with Gasteiger partial charge in [-0.2, -0.15) is 0 Å². The summed E-state index contributed by atoms with van der Waals surface area (Å²) >= 11 is 4.54. The molecular formula is C22H28S. The Morgan fingerprint density at radius 3 is 2.48 bits per heavy atom. The lowest BCUT2D eigenvalue weighted by atomic mass is 10.0. The molecule has 2 aromatic carbocycles. The number of rotatable bonds is 5. The summed E-state index contributed by atoms with van der Waals surface area (Å²) in [6.45, 7) is 8.31. The van der Waals surface area contributed by atoms with Crippen molar-refractivity contribution in [2.45, 2.75) is 45.4 Å². The van der Waals surface area contributed by atoms with Crippen molar-refractivity contribution in [3.05, 3.63) is 77.9 Å². The van der Waals surface area contributed by atoms with Gasteiger partial charge in [0.2, 0.25) is 0 Å². The molecule has 0 fully saturated rings. The minimum absolute atomic E-state index is 0.956. The van der Waals surface area contributed by atoms with E-state index in [2.05, 4.69) is 81.1 Å². The molecule has 0 bridgehead atoms. The highest BCUT2D eigenvalue weighted by Gasteiger charge is 2.01. The van der Waals surface area contributed by atoms with Gasteiger partial charge in [0.25, 0.3) is 0 Å². The number of thiol groups is 1. The van der Waals surface area contributed by atoms with Gasteiger partial charge < -0.3 is 0 Å². The fourth-order valence-corrected chi connectivity index (χ4v) is 2.64. The van der Waals surface area contributed by atoms with Crippen LogP contribution in [0.1, 0.15) is 39.7 Å². The summed E-state index contributed by atoms with van der Waals surface area (Å²) < 4.78 is 0. The molecule has 2 aromatic rings. The first-order valence-corrected chi connectivity index (χ1v) is 8.86. The second-order valence-electron chi connectivity index (χ2n) is 5.18. The van der Waals surface area contributed by atoms with Crippen LogP contribution >= 0.6 is 12.6 Å². The zero-order valence-corrected chi connectivity index (χ0v) is 15.6. The fraction of sp³-hybridized carbons (Fsp3) is 0.273. The second-order valence-corrected chi connectivity index (χ2v) is 5.66. The lowest BCUT2D eigenvalue weighted by Gasteiger charge is -2.06. The van der Waals surface area contributed by atoms with Crippen LogP contribution in [-0.2, 0) is 6.42 Å². The maximum atomic E-state index is 4.54. The molecule has 23 heavy (non-hydrogen) atoms. The van der Waals surface area contributed by atoms with Crippen LogP contribution in [0.3, 0.4) is 0 Å². The SMILES string of the molecule is CC.CC/C=C(C)\C=C/Cc1cccc(-c2ccccc2S)c1. The lowest BCUT2D eigenvalue weighted by molar-refractivity contribution is 1.19. The van der Waals surface area contributed by atoms with Gasteiger partial charge in [0.1, 0.15) is 0 Å². The summed E-state index contributed by atoms with van der Waals surface area (Å²) in [6, 6.07) is 16.9. The smallest absolute Gasteiger partial charge is 0.0119 e. The van der Waals surface area contributed by atoms with E-state index in [1.165, 1.54) is 22.3 Å². The molecule has 0 aliphatic rings. The Morgan fingerprint density at radius 2 is 1.78 bits per heavy atom. The van der Waals surface area contributed by atoms with Gasteiger partial charge in [0.05, 0.1) is 0 Å². The van der Waals surface area contributed by atoms with E-state index in [-0.39, 0.29) is 0 Å². The first-order valence-electron chi connectivity index (χ1n) is 8.41. The van der Waals surface area contributed by atoms with Crippen molar-refractivity contribution in [3.8, 4) is 11.1 Å². The number of allylic oxidation sites excluding steroid dienone is 4. The van der Waals surface area contributed by atoms with Gasteiger partial charge >= 0.3 is 0 Å². The second kappa shape index (κ2) is 10.9. The molecule has 122 valence electrons. The first kappa shape index (κ1) is 19.3. The molecule has 0 unspecified atom stereocenters. The Hall–Kier alpha value is -1.73. The van der Waals surface area contributed by atoms with Crippen molar-refractivity contribution >= 4 is 12.6 Å². The zero-order chi connectivity index (χ0) is 17.1. The fourth-order valence-electron chi connectivity index (χ4n) is 2.35. The molecule has 2 rings (SSSR count). The molecule has 0 nitrogen and oxygen atoms in total. The highest BCUT2D eigenvalue weighted by molar-refractivity contribution is 7.80. The molecule has 0 spiro atoms. The van der Waals surface area contributed by atoms with Crippen LogP contribution in [0.15, 0.2) is 77.2 Å². The predicted octanol–water partition coefficient (Wildman–Crippen LogP) is 7.12. The largest absolute Gasteiger partial charge is 0.143 e. The highest BCUT2D eigenvalue weighted by Crippen LogP contribution is 2.26. The average Bonchev–Trinajstić information content (AvgIpc) is 2.58. The minimum atomic E-state index is 0.956. The summed E-state index contributed by atoms with van der Waals surface area (Å²) in [6.07, 6.45) is 8.71. The van der Waals surface area contributed by atoms with Gasteiger partial charge in [0.15, 0.2) is 0 Å². The van der Waals surface area contributed by atoms with Crippen LogP contribution < -0.4 is 0 Å². The molecule has 0 saturated heterocycles. The maximum absolute atomic E-state index is 4.54. The summed E-state index contributed by atoms with van der Waals surface area (Å²) in [5.41, 5.74) is 5.07. The molecule has 1 heteroatoms. The average molecular weight is 325 g/mol. The third-order valence-electron chi connectivity index (χ3n) is 3.40. The summed E-state index contributed by atoms with van der Waals surface area (Å²) in [7, 11) is 0. The van der Waals surface area contributed by atoms with E-state index in [0.29, 0.717) is 0 Å². The zero-order valence-electron chi connectivity index (χ0n) is 14.7.